The maximum Gasteiger partial charge on any atom is 0.138 e. The molecule has 3 nitrogen and oxygen atoms in total. The molecule has 1 aromatic rings. The van der Waals surface area contributed by atoms with Gasteiger partial charge in [-0.15, -0.1) is 0 Å². The van der Waals surface area contributed by atoms with Crippen LogP contribution in [0.25, 0.3) is 0 Å². The summed E-state index contributed by atoms with van der Waals surface area (Å²) in [5.41, 5.74) is 0.898. The first kappa shape index (κ1) is 12.9. The van der Waals surface area contributed by atoms with Crippen molar-refractivity contribution in [1.29, 1.82) is 0 Å². The van der Waals surface area contributed by atoms with Gasteiger partial charge in [0.15, 0.2) is 0 Å². The summed E-state index contributed by atoms with van der Waals surface area (Å²) >= 11 is 0. The van der Waals surface area contributed by atoms with Crippen molar-refractivity contribution in [3.63, 3.8) is 0 Å². The lowest BCUT2D eigenvalue weighted by atomic mass is 10.1. The third kappa shape index (κ3) is 4.17. The van der Waals surface area contributed by atoms with Gasteiger partial charge in [0, 0.05) is 18.7 Å². The lowest BCUT2D eigenvalue weighted by molar-refractivity contribution is -0.118. The highest BCUT2D eigenvalue weighted by atomic mass is 16.1. The van der Waals surface area contributed by atoms with E-state index < -0.39 is 0 Å². The normalized spacial score (nSPS) is 11.0. The van der Waals surface area contributed by atoms with Crippen LogP contribution in [0.3, 0.4) is 0 Å². The van der Waals surface area contributed by atoms with Crippen LogP contribution in [0.1, 0.15) is 58.2 Å². The predicted octanol–water partition coefficient (Wildman–Crippen LogP) is 3.16. The number of nitrogens with zero attached hydrogens (tertiary/aromatic N) is 2. The Morgan fingerprint density at radius 1 is 1.44 bits per heavy atom. The maximum atomic E-state index is 11.6. The molecule has 3 heteroatoms. The third-order valence-corrected chi connectivity index (χ3v) is 2.63. The molecule has 0 N–H and O–H groups in total. The summed E-state index contributed by atoms with van der Waals surface area (Å²) in [5, 5.41) is 4.37. The molecule has 0 fully saturated rings. The fraction of sp³-hybridized carbons (Fsp3) is 0.692. The number of aromatic nitrogens is 2. The average Bonchev–Trinajstić information content (AvgIpc) is 2.66. The van der Waals surface area contributed by atoms with Crippen LogP contribution in [0.5, 0.6) is 0 Å². The Bertz CT molecular complexity index is 328. The number of carbonyl (C=O) groups excluding carboxylic acids is 1. The second-order valence-corrected chi connectivity index (χ2v) is 4.55. The molecule has 0 atom stereocenters. The molecule has 0 aromatic carbocycles. The first-order valence-corrected chi connectivity index (χ1v) is 6.19. The Morgan fingerprint density at radius 2 is 2.19 bits per heavy atom. The third-order valence-electron chi connectivity index (χ3n) is 2.63. The first-order valence-electron chi connectivity index (χ1n) is 6.19. The van der Waals surface area contributed by atoms with E-state index in [9.17, 15) is 4.79 Å². The second-order valence-electron chi connectivity index (χ2n) is 4.55. The summed E-state index contributed by atoms with van der Waals surface area (Å²) in [7, 11) is 0. The van der Waals surface area contributed by atoms with E-state index in [2.05, 4.69) is 25.9 Å². The number of hydrogen-bond acceptors (Lipinski definition) is 2. The highest BCUT2D eigenvalue weighted by molar-refractivity contribution is 5.80. The summed E-state index contributed by atoms with van der Waals surface area (Å²) in [5.74, 6) is 0.308. The quantitative estimate of drug-likeness (QED) is 0.664. The fourth-order valence-corrected chi connectivity index (χ4v) is 1.62. The van der Waals surface area contributed by atoms with E-state index in [-0.39, 0.29) is 0 Å². The number of rotatable bonds is 7. The number of ketones is 1. The van der Waals surface area contributed by atoms with Gasteiger partial charge < -0.3 is 0 Å². The van der Waals surface area contributed by atoms with Crippen LogP contribution in [0.2, 0.25) is 0 Å². The summed E-state index contributed by atoms with van der Waals surface area (Å²) in [6, 6.07) is 2.31. The van der Waals surface area contributed by atoms with Crippen LogP contribution in [0.15, 0.2) is 12.3 Å². The lowest BCUT2D eigenvalue weighted by Gasteiger charge is -2.03. The minimum absolute atomic E-state index is 0.308. The molecule has 90 valence electrons. The Labute approximate surface area is 97.8 Å². The predicted molar refractivity (Wildman–Crippen MR) is 65.5 cm³/mol. The van der Waals surface area contributed by atoms with Crippen molar-refractivity contribution in [1.82, 2.24) is 9.78 Å². The Kier molecular flexibility index (Phi) is 5.23. The summed E-state index contributed by atoms with van der Waals surface area (Å²) in [6.45, 7) is 6.31. The molecule has 0 unspecified atom stereocenters. The molecule has 0 bridgehead atoms. The van der Waals surface area contributed by atoms with Crippen molar-refractivity contribution in [2.24, 2.45) is 0 Å². The van der Waals surface area contributed by atoms with Crippen molar-refractivity contribution < 1.29 is 4.79 Å². The van der Waals surface area contributed by atoms with Gasteiger partial charge in [0.05, 0.1) is 12.1 Å². The van der Waals surface area contributed by atoms with E-state index in [1.165, 1.54) is 0 Å². The van der Waals surface area contributed by atoms with Gasteiger partial charge in [-0.25, -0.2) is 0 Å². The summed E-state index contributed by atoms with van der Waals surface area (Å²) in [6.07, 6.45) is 6.45. The molecule has 0 amide bonds. The van der Waals surface area contributed by atoms with Gasteiger partial charge in [0.25, 0.3) is 0 Å². The number of unbranched alkanes of at least 4 members (excludes halogenated alkanes) is 2. The van der Waals surface area contributed by atoms with Gasteiger partial charge in [-0.3, -0.25) is 9.48 Å². The topological polar surface area (TPSA) is 34.9 Å². The first-order chi connectivity index (χ1) is 7.63. The van der Waals surface area contributed by atoms with Gasteiger partial charge in [0.2, 0.25) is 0 Å². The zero-order valence-corrected chi connectivity index (χ0v) is 10.6. The van der Waals surface area contributed by atoms with Crippen LogP contribution in [0.4, 0.5) is 0 Å². The van der Waals surface area contributed by atoms with Crippen LogP contribution < -0.4 is 0 Å². The maximum absolute atomic E-state index is 11.6. The summed E-state index contributed by atoms with van der Waals surface area (Å²) in [4.78, 5) is 11.6. The molecule has 0 aliphatic heterocycles. The highest BCUT2D eigenvalue weighted by Crippen LogP contribution is 2.07. The van der Waals surface area contributed by atoms with E-state index in [0.29, 0.717) is 24.7 Å². The largest absolute Gasteiger partial charge is 0.299 e. The van der Waals surface area contributed by atoms with Crippen LogP contribution in [0, 0.1) is 0 Å². The molecule has 1 aromatic heterocycles. The van der Waals surface area contributed by atoms with Crippen molar-refractivity contribution in [2.75, 3.05) is 0 Å². The van der Waals surface area contributed by atoms with E-state index in [1.54, 1.807) is 0 Å². The SMILES string of the molecule is CCCCCC(=O)Cc1ccn(C(C)C)n1. The van der Waals surface area contributed by atoms with E-state index in [4.69, 9.17) is 0 Å². The van der Waals surface area contributed by atoms with Crippen molar-refractivity contribution in [2.45, 2.75) is 58.9 Å². The standard InChI is InChI=1S/C13H22N2O/c1-4-5-6-7-13(16)10-12-8-9-15(14-12)11(2)3/h8-9,11H,4-7,10H2,1-3H3. The molecular formula is C13H22N2O. The van der Waals surface area contributed by atoms with E-state index in [0.717, 1.165) is 25.0 Å². The van der Waals surface area contributed by atoms with E-state index in [1.807, 2.05) is 16.9 Å². The number of carbonyl (C=O) groups is 1. The molecule has 0 saturated heterocycles. The van der Waals surface area contributed by atoms with Gasteiger partial charge >= 0.3 is 0 Å². The van der Waals surface area contributed by atoms with Gasteiger partial charge in [-0.1, -0.05) is 19.8 Å². The zero-order valence-electron chi connectivity index (χ0n) is 10.6. The average molecular weight is 222 g/mol. The van der Waals surface area contributed by atoms with Crippen molar-refractivity contribution in [3.05, 3.63) is 18.0 Å². The van der Waals surface area contributed by atoms with Gasteiger partial charge in [-0.05, 0) is 26.3 Å². The van der Waals surface area contributed by atoms with Crippen LogP contribution in [-0.2, 0) is 11.2 Å². The molecule has 1 rings (SSSR count). The smallest absolute Gasteiger partial charge is 0.138 e. The molecule has 16 heavy (non-hydrogen) atoms. The molecule has 0 aliphatic carbocycles. The van der Waals surface area contributed by atoms with Crippen molar-refractivity contribution >= 4 is 5.78 Å². The van der Waals surface area contributed by atoms with Crippen LogP contribution >= 0.6 is 0 Å². The van der Waals surface area contributed by atoms with Crippen LogP contribution in [-0.4, -0.2) is 15.6 Å². The lowest BCUT2D eigenvalue weighted by Crippen LogP contribution is -2.06. The Balaban J connectivity index is 2.37. The molecule has 0 saturated carbocycles. The molecular weight excluding hydrogens is 200 g/mol. The summed E-state index contributed by atoms with van der Waals surface area (Å²) < 4.78 is 1.90. The molecule has 0 radical (unpaired) electrons. The van der Waals surface area contributed by atoms with Crippen molar-refractivity contribution in [3.8, 4) is 0 Å². The Morgan fingerprint density at radius 3 is 2.75 bits per heavy atom. The molecule has 0 aliphatic rings. The molecule has 0 spiro atoms. The van der Waals surface area contributed by atoms with E-state index >= 15 is 0 Å². The Hall–Kier alpha value is -1.12. The molecule has 1 heterocycles. The number of Topliss-reactive ketones (excluding diaryl/α,β-unsaturated/α-hetero) is 1. The minimum Gasteiger partial charge on any atom is -0.299 e. The van der Waals surface area contributed by atoms with Gasteiger partial charge in [0.1, 0.15) is 5.78 Å². The highest BCUT2D eigenvalue weighted by Gasteiger charge is 2.07. The zero-order chi connectivity index (χ0) is 12.0. The second kappa shape index (κ2) is 6.46. The minimum atomic E-state index is 0.308. The monoisotopic (exact) mass is 222 g/mol. The van der Waals surface area contributed by atoms with Gasteiger partial charge in [-0.2, -0.15) is 5.10 Å². The number of hydrogen-bond donors (Lipinski definition) is 0. The fourth-order valence-electron chi connectivity index (χ4n) is 1.62.